The molecule has 0 aliphatic carbocycles. The SMILES string of the molecule is COC(=O)Cn1c(=NC(=O)CS(=O)(=O)CC(=O)Nc2nccs2)sc2ccccc21. The van der Waals surface area contributed by atoms with Crippen LogP contribution in [0.4, 0.5) is 5.13 Å². The average Bonchev–Trinajstić information content (AvgIpc) is 3.28. The number of carbonyl (C=O) groups is 3. The van der Waals surface area contributed by atoms with Crippen LogP contribution < -0.4 is 10.1 Å². The maximum absolute atomic E-state index is 12.3. The molecule has 0 aliphatic rings. The molecule has 0 spiro atoms. The molecular weight excluding hydrogens is 452 g/mol. The highest BCUT2D eigenvalue weighted by atomic mass is 32.2. The summed E-state index contributed by atoms with van der Waals surface area (Å²) in [5.41, 5.74) is 0.658. The quantitative estimate of drug-likeness (QED) is 0.507. The summed E-state index contributed by atoms with van der Waals surface area (Å²) in [4.78, 5) is 43.8. The fourth-order valence-corrected chi connectivity index (χ4v) is 5.08. The van der Waals surface area contributed by atoms with Crippen molar-refractivity contribution >= 4 is 65.6 Å². The molecule has 0 bridgehead atoms. The third kappa shape index (κ3) is 5.58. The predicted molar refractivity (Wildman–Crippen MR) is 112 cm³/mol. The minimum Gasteiger partial charge on any atom is -0.468 e. The number of hydrogen-bond acceptors (Lipinski definition) is 9. The van der Waals surface area contributed by atoms with Gasteiger partial charge in [-0.2, -0.15) is 4.99 Å². The number of rotatable bonds is 7. The number of benzene rings is 1. The standard InChI is InChI=1S/C17H16N4O6S3/c1-27-15(24)8-21-11-4-2-3-5-12(11)29-17(21)20-14(23)10-30(25,26)9-13(22)19-16-18-6-7-28-16/h2-7H,8-10H2,1H3,(H,18,19,22). The number of para-hydroxylation sites is 1. The molecule has 0 unspecified atom stereocenters. The fourth-order valence-electron chi connectivity index (χ4n) is 2.47. The van der Waals surface area contributed by atoms with Crippen LogP contribution in [0.5, 0.6) is 0 Å². The number of esters is 1. The van der Waals surface area contributed by atoms with Gasteiger partial charge in [-0.3, -0.25) is 14.4 Å². The van der Waals surface area contributed by atoms with Crippen molar-refractivity contribution in [1.29, 1.82) is 0 Å². The number of nitrogens with one attached hydrogen (secondary N) is 1. The molecule has 1 aromatic carbocycles. The fraction of sp³-hybridized carbons (Fsp3) is 0.235. The normalized spacial score (nSPS) is 12.1. The van der Waals surface area contributed by atoms with Crippen LogP contribution in [-0.2, 0) is 35.5 Å². The number of nitrogens with zero attached hydrogens (tertiary/aromatic N) is 3. The number of sulfone groups is 1. The Morgan fingerprint density at radius 1 is 1.23 bits per heavy atom. The maximum Gasteiger partial charge on any atom is 0.325 e. The van der Waals surface area contributed by atoms with E-state index in [1.165, 1.54) is 17.9 Å². The Labute approximate surface area is 178 Å². The van der Waals surface area contributed by atoms with E-state index in [1.54, 1.807) is 29.6 Å². The smallest absolute Gasteiger partial charge is 0.325 e. The summed E-state index contributed by atoms with van der Waals surface area (Å²) in [7, 11) is -2.81. The molecule has 10 nitrogen and oxygen atoms in total. The van der Waals surface area contributed by atoms with Gasteiger partial charge in [-0.1, -0.05) is 23.5 Å². The predicted octanol–water partition coefficient (Wildman–Crippen LogP) is 0.813. The number of thiazole rings is 2. The molecule has 0 fully saturated rings. The van der Waals surface area contributed by atoms with E-state index in [9.17, 15) is 22.8 Å². The zero-order valence-corrected chi connectivity index (χ0v) is 18.1. The summed E-state index contributed by atoms with van der Waals surface area (Å²) in [5.74, 6) is -4.09. The highest BCUT2D eigenvalue weighted by Crippen LogP contribution is 2.16. The monoisotopic (exact) mass is 468 g/mol. The van der Waals surface area contributed by atoms with E-state index in [1.807, 2.05) is 0 Å². The molecule has 13 heteroatoms. The number of anilines is 1. The number of aromatic nitrogens is 2. The summed E-state index contributed by atoms with van der Waals surface area (Å²) < 4.78 is 31.3. The van der Waals surface area contributed by atoms with Gasteiger partial charge in [-0.25, -0.2) is 13.4 Å². The number of ether oxygens (including phenoxy) is 1. The second kappa shape index (κ2) is 9.28. The average molecular weight is 469 g/mol. The Hall–Kier alpha value is -2.90. The van der Waals surface area contributed by atoms with Gasteiger partial charge in [0.1, 0.15) is 18.1 Å². The molecular formula is C17H16N4O6S3. The van der Waals surface area contributed by atoms with E-state index >= 15 is 0 Å². The van der Waals surface area contributed by atoms with Crippen LogP contribution in [0.2, 0.25) is 0 Å². The van der Waals surface area contributed by atoms with Gasteiger partial charge >= 0.3 is 5.97 Å². The topological polar surface area (TPSA) is 137 Å². The lowest BCUT2D eigenvalue weighted by Crippen LogP contribution is -2.28. The van der Waals surface area contributed by atoms with Gasteiger partial charge in [0.15, 0.2) is 19.8 Å². The highest BCUT2D eigenvalue weighted by Gasteiger charge is 2.22. The van der Waals surface area contributed by atoms with E-state index in [0.717, 1.165) is 27.4 Å². The molecule has 0 saturated carbocycles. The van der Waals surface area contributed by atoms with Crippen LogP contribution in [0.25, 0.3) is 10.2 Å². The third-order valence-electron chi connectivity index (χ3n) is 3.70. The highest BCUT2D eigenvalue weighted by molar-refractivity contribution is 7.92. The first-order chi connectivity index (χ1) is 14.3. The van der Waals surface area contributed by atoms with Crippen LogP contribution in [0.1, 0.15) is 0 Å². The molecule has 0 aliphatic heterocycles. The summed E-state index contributed by atoms with van der Waals surface area (Å²) in [5, 5.41) is 4.24. The van der Waals surface area contributed by atoms with Crippen molar-refractivity contribution in [3.8, 4) is 0 Å². The lowest BCUT2D eigenvalue weighted by atomic mass is 10.3. The van der Waals surface area contributed by atoms with Gasteiger partial charge in [0, 0.05) is 11.6 Å². The number of amides is 2. The van der Waals surface area contributed by atoms with Crippen LogP contribution in [-0.4, -0.2) is 54.4 Å². The van der Waals surface area contributed by atoms with Crippen LogP contribution in [0, 0.1) is 0 Å². The largest absolute Gasteiger partial charge is 0.468 e. The van der Waals surface area contributed by atoms with Gasteiger partial charge in [0.05, 0.1) is 17.3 Å². The van der Waals surface area contributed by atoms with Gasteiger partial charge in [0.25, 0.3) is 5.91 Å². The first kappa shape index (κ1) is 21.8. The van der Waals surface area contributed by atoms with Gasteiger partial charge in [-0.05, 0) is 12.1 Å². The van der Waals surface area contributed by atoms with Gasteiger partial charge < -0.3 is 14.6 Å². The Morgan fingerprint density at radius 2 is 2.00 bits per heavy atom. The summed E-state index contributed by atoms with van der Waals surface area (Å²) in [6, 6.07) is 7.09. The number of carbonyl (C=O) groups excluding carboxylic acids is 3. The zero-order chi connectivity index (χ0) is 21.7. The number of fused-ring (bicyclic) bond motifs is 1. The van der Waals surface area contributed by atoms with Crippen molar-refractivity contribution in [2.45, 2.75) is 6.54 Å². The maximum atomic E-state index is 12.3. The van der Waals surface area contributed by atoms with Crippen molar-refractivity contribution in [3.63, 3.8) is 0 Å². The van der Waals surface area contributed by atoms with Crippen LogP contribution in [0.3, 0.4) is 0 Å². The van der Waals surface area contributed by atoms with Crippen LogP contribution >= 0.6 is 22.7 Å². The van der Waals surface area contributed by atoms with Crippen molar-refractivity contribution in [1.82, 2.24) is 9.55 Å². The Kier molecular flexibility index (Phi) is 6.74. The molecule has 158 valence electrons. The molecule has 3 rings (SSSR count). The number of methoxy groups -OCH3 is 1. The molecule has 2 aromatic heterocycles. The molecule has 1 N–H and O–H groups in total. The zero-order valence-electron chi connectivity index (χ0n) is 15.6. The molecule has 0 saturated heterocycles. The Morgan fingerprint density at radius 3 is 2.70 bits per heavy atom. The van der Waals surface area contributed by atoms with E-state index in [-0.39, 0.29) is 16.5 Å². The second-order valence-corrected chi connectivity index (χ2v) is 9.91. The van der Waals surface area contributed by atoms with E-state index in [2.05, 4.69) is 20.0 Å². The van der Waals surface area contributed by atoms with Crippen molar-refractivity contribution in [3.05, 3.63) is 40.6 Å². The van der Waals surface area contributed by atoms with Crippen LogP contribution in [0.15, 0.2) is 40.8 Å². The molecule has 0 radical (unpaired) electrons. The van der Waals surface area contributed by atoms with E-state index in [4.69, 9.17) is 0 Å². The molecule has 0 atom stereocenters. The first-order valence-electron chi connectivity index (χ1n) is 8.40. The van der Waals surface area contributed by atoms with Gasteiger partial charge in [-0.15, -0.1) is 11.3 Å². The van der Waals surface area contributed by atoms with Crippen molar-refractivity contribution in [2.24, 2.45) is 4.99 Å². The first-order valence-corrected chi connectivity index (χ1v) is 11.9. The van der Waals surface area contributed by atoms with Crippen molar-refractivity contribution in [2.75, 3.05) is 23.9 Å². The minimum absolute atomic E-state index is 0.161. The van der Waals surface area contributed by atoms with E-state index in [0.29, 0.717) is 5.52 Å². The summed E-state index contributed by atoms with van der Waals surface area (Å²) in [6.07, 6.45) is 1.46. The molecule has 30 heavy (non-hydrogen) atoms. The summed E-state index contributed by atoms with van der Waals surface area (Å²) >= 11 is 2.27. The van der Waals surface area contributed by atoms with Crippen molar-refractivity contribution < 1.29 is 27.5 Å². The van der Waals surface area contributed by atoms with E-state index < -0.39 is 39.1 Å². The Bertz CT molecular complexity index is 1260. The summed E-state index contributed by atoms with van der Waals surface area (Å²) in [6.45, 7) is -0.185. The third-order valence-corrected chi connectivity index (χ3v) is 6.83. The van der Waals surface area contributed by atoms with Gasteiger partial charge in [0.2, 0.25) is 5.91 Å². The molecule has 3 aromatic rings. The lowest BCUT2D eigenvalue weighted by molar-refractivity contribution is -0.141. The minimum atomic E-state index is -4.05. The Balaban J connectivity index is 1.80. The molecule has 2 heterocycles. The lowest BCUT2D eigenvalue weighted by Gasteiger charge is -2.04. The second-order valence-electron chi connectivity index (χ2n) is 5.94. The number of hydrogen-bond donors (Lipinski definition) is 1. The molecule has 2 amide bonds.